The summed E-state index contributed by atoms with van der Waals surface area (Å²) in [6, 6.07) is 14.4. The van der Waals surface area contributed by atoms with Gasteiger partial charge in [0.15, 0.2) is 0 Å². The van der Waals surface area contributed by atoms with Crippen LogP contribution in [-0.4, -0.2) is 19.1 Å². The van der Waals surface area contributed by atoms with E-state index < -0.39 is 0 Å². The Morgan fingerprint density at radius 3 is 2.29 bits per heavy atom. The monoisotopic (exact) mass is 285 g/mol. The van der Waals surface area contributed by atoms with Gasteiger partial charge in [0, 0.05) is 17.3 Å². The van der Waals surface area contributed by atoms with Gasteiger partial charge in [0.25, 0.3) is 5.91 Å². The molecule has 0 unspecified atom stereocenters. The van der Waals surface area contributed by atoms with E-state index in [1.807, 2.05) is 32.0 Å². The van der Waals surface area contributed by atoms with E-state index in [0.29, 0.717) is 24.5 Å². The predicted octanol–water partition coefficient (Wildman–Crippen LogP) is 3.74. The summed E-state index contributed by atoms with van der Waals surface area (Å²) in [5.74, 6) is 1.33. The number of hydrogen-bond donors (Lipinski definition) is 1. The molecule has 0 bridgehead atoms. The number of hydrogen-bond acceptors (Lipinski definition) is 3. The lowest BCUT2D eigenvalue weighted by Crippen LogP contribution is -2.11. The van der Waals surface area contributed by atoms with Gasteiger partial charge in [-0.05, 0) is 50.2 Å². The molecule has 0 saturated heterocycles. The van der Waals surface area contributed by atoms with Gasteiger partial charge >= 0.3 is 0 Å². The maximum atomic E-state index is 12.2. The molecule has 2 aromatic rings. The molecular weight excluding hydrogens is 266 g/mol. The highest BCUT2D eigenvalue weighted by molar-refractivity contribution is 6.04. The van der Waals surface area contributed by atoms with Gasteiger partial charge in [0.2, 0.25) is 0 Å². The zero-order valence-corrected chi connectivity index (χ0v) is 12.3. The quantitative estimate of drug-likeness (QED) is 0.879. The summed E-state index contributed by atoms with van der Waals surface area (Å²) in [7, 11) is 0. The number of carbonyl (C=O) groups excluding carboxylic acids is 1. The first-order valence-corrected chi connectivity index (χ1v) is 7.00. The highest BCUT2D eigenvalue weighted by atomic mass is 16.5. The number of nitrogens with one attached hydrogen (secondary N) is 1. The first kappa shape index (κ1) is 14.9. The molecule has 0 atom stereocenters. The van der Waals surface area contributed by atoms with Gasteiger partial charge in [0.05, 0.1) is 13.2 Å². The Balaban J connectivity index is 2.05. The summed E-state index contributed by atoms with van der Waals surface area (Å²) in [6.45, 7) is 5.04. The first-order chi connectivity index (χ1) is 10.2. The number of anilines is 1. The minimum atomic E-state index is -0.160. The topological polar surface area (TPSA) is 47.6 Å². The van der Waals surface area contributed by atoms with Crippen molar-refractivity contribution in [3.05, 3.63) is 54.1 Å². The Morgan fingerprint density at radius 1 is 0.952 bits per heavy atom. The van der Waals surface area contributed by atoms with Crippen LogP contribution in [0.15, 0.2) is 48.5 Å². The molecule has 0 fully saturated rings. The molecule has 0 spiro atoms. The SMILES string of the molecule is CCOc1ccc(C(=O)Nc2cccc(OCC)c2)cc1. The summed E-state index contributed by atoms with van der Waals surface area (Å²) in [6.07, 6.45) is 0. The van der Waals surface area contributed by atoms with Gasteiger partial charge in [-0.25, -0.2) is 0 Å². The summed E-state index contributed by atoms with van der Waals surface area (Å²) in [4.78, 5) is 12.2. The fraction of sp³-hybridized carbons (Fsp3) is 0.235. The third-order valence-electron chi connectivity index (χ3n) is 2.83. The van der Waals surface area contributed by atoms with Crippen molar-refractivity contribution in [2.45, 2.75) is 13.8 Å². The summed E-state index contributed by atoms with van der Waals surface area (Å²) in [5, 5.41) is 2.85. The minimum Gasteiger partial charge on any atom is -0.494 e. The van der Waals surface area contributed by atoms with Gasteiger partial charge in [-0.15, -0.1) is 0 Å². The maximum Gasteiger partial charge on any atom is 0.255 e. The normalized spacial score (nSPS) is 10.0. The molecule has 0 saturated carbocycles. The van der Waals surface area contributed by atoms with Crippen molar-refractivity contribution in [1.82, 2.24) is 0 Å². The third-order valence-corrected chi connectivity index (χ3v) is 2.83. The second-order valence-electron chi connectivity index (χ2n) is 4.37. The predicted molar refractivity (Wildman–Crippen MR) is 83.2 cm³/mol. The van der Waals surface area contributed by atoms with Crippen LogP contribution in [0, 0.1) is 0 Å². The molecule has 110 valence electrons. The first-order valence-electron chi connectivity index (χ1n) is 7.00. The lowest BCUT2D eigenvalue weighted by atomic mass is 10.2. The molecule has 2 rings (SSSR count). The highest BCUT2D eigenvalue weighted by Gasteiger charge is 2.07. The lowest BCUT2D eigenvalue weighted by Gasteiger charge is -2.08. The average molecular weight is 285 g/mol. The maximum absolute atomic E-state index is 12.2. The van der Waals surface area contributed by atoms with Crippen LogP contribution < -0.4 is 14.8 Å². The van der Waals surface area contributed by atoms with Crippen LogP contribution in [0.3, 0.4) is 0 Å². The van der Waals surface area contributed by atoms with Crippen molar-refractivity contribution in [1.29, 1.82) is 0 Å². The van der Waals surface area contributed by atoms with Gasteiger partial charge in [-0.2, -0.15) is 0 Å². The lowest BCUT2D eigenvalue weighted by molar-refractivity contribution is 0.102. The Kier molecular flexibility index (Phi) is 5.21. The Bertz CT molecular complexity index is 593. The molecule has 0 aromatic heterocycles. The van der Waals surface area contributed by atoms with E-state index in [0.717, 1.165) is 11.5 Å². The van der Waals surface area contributed by atoms with Crippen molar-refractivity contribution in [3.8, 4) is 11.5 Å². The fourth-order valence-electron chi connectivity index (χ4n) is 1.90. The Morgan fingerprint density at radius 2 is 1.62 bits per heavy atom. The summed E-state index contributed by atoms with van der Waals surface area (Å²) in [5.41, 5.74) is 1.29. The second kappa shape index (κ2) is 7.33. The van der Waals surface area contributed by atoms with E-state index in [-0.39, 0.29) is 5.91 Å². The van der Waals surface area contributed by atoms with E-state index in [1.165, 1.54) is 0 Å². The Labute approximate surface area is 124 Å². The van der Waals surface area contributed by atoms with Gasteiger partial charge in [0.1, 0.15) is 11.5 Å². The second-order valence-corrected chi connectivity index (χ2v) is 4.37. The van der Waals surface area contributed by atoms with Crippen LogP contribution in [0.1, 0.15) is 24.2 Å². The fourth-order valence-corrected chi connectivity index (χ4v) is 1.90. The molecule has 0 aliphatic rings. The van der Waals surface area contributed by atoms with Gasteiger partial charge in [-0.1, -0.05) is 6.07 Å². The highest BCUT2D eigenvalue weighted by Crippen LogP contribution is 2.19. The number of ether oxygens (including phenoxy) is 2. The van der Waals surface area contributed by atoms with Crippen LogP contribution >= 0.6 is 0 Å². The van der Waals surface area contributed by atoms with Crippen LogP contribution in [0.25, 0.3) is 0 Å². The van der Waals surface area contributed by atoms with E-state index in [2.05, 4.69) is 5.32 Å². The molecule has 1 amide bonds. The van der Waals surface area contributed by atoms with E-state index in [9.17, 15) is 4.79 Å². The van der Waals surface area contributed by atoms with Gasteiger partial charge < -0.3 is 14.8 Å². The molecule has 0 aliphatic heterocycles. The van der Waals surface area contributed by atoms with E-state index >= 15 is 0 Å². The molecule has 4 nitrogen and oxygen atoms in total. The standard InChI is InChI=1S/C17H19NO3/c1-3-20-15-10-8-13(9-11-15)17(19)18-14-6-5-7-16(12-14)21-4-2/h5-12H,3-4H2,1-2H3,(H,18,19). The summed E-state index contributed by atoms with van der Waals surface area (Å²) >= 11 is 0. The minimum absolute atomic E-state index is 0.160. The summed E-state index contributed by atoms with van der Waals surface area (Å²) < 4.78 is 10.8. The largest absolute Gasteiger partial charge is 0.494 e. The molecule has 0 aliphatic carbocycles. The van der Waals surface area contributed by atoms with Crippen LogP contribution in [0.2, 0.25) is 0 Å². The number of rotatable bonds is 6. The van der Waals surface area contributed by atoms with E-state index in [1.54, 1.807) is 30.3 Å². The van der Waals surface area contributed by atoms with Gasteiger partial charge in [-0.3, -0.25) is 4.79 Å². The zero-order valence-electron chi connectivity index (χ0n) is 12.3. The molecular formula is C17H19NO3. The van der Waals surface area contributed by atoms with Crippen molar-refractivity contribution >= 4 is 11.6 Å². The smallest absolute Gasteiger partial charge is 0.255 e. The molecule has 4 heteroatoms. The molecule has 2 aromatic carbocycles. The molecule has 21 heavy (non-hydrogen) atoms. The third kappa shape index (κ3) is 4.24. The van der Waals surface area contributed by atoms with Crippen LogP contribution in [0.4, 0.5) is 5.69 Å². The molecule has 0 heterocycles. The van der Waals surface area contributed by atoms with Crippen molar-refractivity contribution < 1.29 is 14.3 Å². The Hall–Kier alpha value is -2.49. The van der Waals surface area contributed by atoms with Crippen molar-refractivity contribution in [2.75, 3.05) is 18.5 Å². The number of carbonyl (C=O) groups is 1. The van der Waals surface area contributed by atoms with Crippen molar-refractivity contribution in [2.24, 2.45) is 0 Å². The van der Waals surface area contributed by atoms with Crippen LogP contribution in [-0.2, 0) is 0 Å². The van der Waals surface area contributed by atoms with E-state index in [4.69, 9.17) is 9.47 Å². The number of amides is 1. The zero-order chi connectivity index (χ0) is 15.1. The number of benzene rings is 2. The van der Waals surface area contributed by atoms with Crippen molar-refractivity contribution in [3.63, 3.8) is 0 Å². The molecule has 0 radical (unpaired) electrons. The average Bonchev–Trinajstić information content (AvgIpc) is 2.49. The van der Waals surface area contributed by atoms with Crippen LogP contribution in [0.5, 0.6) is 11.5 Å². The molecule has 1 N–H and O–H groups in total.